The van der Waals surface area contributed by atoms with Crippen LogP contribution in [0.3, 0.4) is 0 Å². The molecule has 1 aliphatic rings. The van der Waals surface area contributed by atoms with E-state index in [1.807, 2.05) is 19.9 Å². The summed E-state index contributed by atoms with van der Waals surface area (Å²) < 4.78 is 26.7. The van der Waals surface area contributed by atoms with Crippen LogP contribution in [0.15, 0.2) is 23.1 Å². The maximum Gasteiger partial charge on any atom is 0.242 e. The summed E-state index contributed by atoms with van der Waals surface area (Å²) in [4.78, 5) is 2.69. The molecule has 1 aliphatic heterocycles. The van der Waals surface area contributed by atoms with Crippen molar-refractivity contribution in [1.29, 1.82) is 0 Å². The zero-order chi connectivity index (χ0) is 15.5. The number of sulfonamides is 1. The molecule has 0 unspecified atom stereocenters. The van der Waals surface area contributed by atoms with E-state index in [1.165, 1.54) is 4.31 Å². The van der Waals surface area contributed by atoms with E-state index in [9.17, 15) is 8.42 Å². The number of benzene rings is 1. The first-order valence-electron chi connectivity index (χ1n) is 7.37. The molecule has 1 saturated heterocycles. The molecule has 5 nitrogen and oxygen atoms in total. The monoisotopic (exact) mass is 311 g/mol. The van der Waals surface area contributed by atoms with Crippen LogP contribution >= 0.6 is 0 Å². The quantitative estimate of drug-likeness (QED) is 0.875. The molecule has 1 heterocycles. The van der Waals surface area contributed by atoms with E-state index in [0.29, 0.717) is 11.4 Å². The van der Waals surface area contributed by atoms with Crippen molar-refractivity contribution in [3.8, 4) is 0 Å². The lowest BCUT2D eigenvalue weighted by atomic mass is 10.2. The van der Waals surface area contributed by atoms with Gasteiger partial charge in [-0.2, -0.15) is 4.31 Å². The summed E-state index contributed by atoms with van der Waals surface area (Å²) in [6, 6.07) is 5.47. The van der Waals surface area contributed by atoms with Crippen molar-refractivity contribution >= 4 is 10.0 Å². The van der Waals surface area contributed by atoms with E-state index in [1.54, 1.807) is 19.2 Å². The lowest BCUT2D eigenvalue weighted by Gasteiger charge is -2.28. The van der Waals surface area contributed by atoms with Gasteiger partial charge in [-0.1, -0.05) is 6.07 Å². The van der Waals surface area contributed by atoms with Gasteiger partial charge in [0, 0.05) is 46.3 Å². The van der Waals surface area contributed by atoms with E-state index in [2.05, 4.69) is 10.2 Å². The van der Waals surface area contributed by atoms with Crippen molar-refractivity contribution in [3.05, 3.63) is 29.3 Å². The standard InChI is InChI=1S/C15H25N3O2S/c1-13-10-14(2)12-15(11-13)21(19,20)17(3)8-9-18-6-4-16-5-7-18/h10-12,16H,4-9H2,1-3H3. The number of hydrogen-bond acceptors (Lipinski definition) is 4. The predicted octanol–water partition coefficient (Wildman–Crippen LogP) is 0.829. The van der Waals surface area contributed by atoms with Crippen molar-refractivity contribution in [2.45, 2.75) is 18.7 Å². The van der Waals surface area contributed by atoms with Crippen LogP contribution in [0.1, 0.15) is 11.1 Å². The lowest BCUT2D eigenvalue weighted by Crippen LogP contribution is -2.46. The molecule has 1 aromatic carbocycles. The van der Waals surface area contributed by atoms with Gasteiger partial charge in [-0.3, -0.25) is 4.90 Å². The summed E-state index contributed by atoms with van der Waals surface area (Å²) >= 11 is 0. The third-order valence-corrected chi connectivity index (χ3v) is 5.68. The SMILES string of the molecule is Cc1cc(C)cc(S(=O)(=O)N(C)CCN2CCNCC2)c1. The first-order valence-corrected chi connectivity index (χ1v) is 8.81. The van der Waals surface area contributed by atoms with Crippen molar-refractivity contribution in [2.75, 3.05) is 46.3 Å². The Morgan fingerprint density at radius 3 is 2.29 bits per heavy atom. The zero-order valence-corrected chi connectivity index (χ0v) is 13.9. The van der Waals surface area contributed by atoms with E-state index in [4.69, 9.17) is 0 Å². The molecule has 21 heavy (non-hydrogen) atoms. The fraction of sp³-hybridized carbons (Fsp3) is 0.600. The van der Waals surface area contributed by atoms with Crippen molar-refractivity contribution < 1.29 is 8.42 Å². The summed E-state index contributed by atoms with van der Waals surface area (Å²) in [6.45, 7) is 9.08. The van der Waals surface area contributed by atoms with Gasteiger partial charge in [-0.15, -0.1) is 0 Å². The molecule has 0 amide bonds. The van der Waals surface area contributed by atoms with Crippen molar-refractivity contribution in [1.82, 2.24) is 14.5 Å². The fourth-order valence-electron chi connectivity index (χ4n) is 2.60. The third kappa shape index (κ3) is 4.26. The zero-order valence-electron chi connectivity index (χ0n) is 13.1. The van der Waals surface area contributed by atoms with Gasteiger partial charge in [-0.25, -0.2) is 8.42 Å². The van der Waals surface area contributed by atoms with Crippen LogP contribution < -0.4 is 5.32 Å². The Morgan fingerprint density at radius 1 is 1.14 bits per heavy atom. The van der Waals surface area contributed by atoms with Crippen LogP contribution in [0, 0.1) is 13.8 Å². The molecular formula is C15H25N3O2S. The Labute approximate surface area is 128 Å². The Bertz CT molecular complexity index is 560. The molecule has 1 aromatic rings. The molecule has 0 saturated carbocycles. The first kappa shape index (κ1) is 16.4. The maximum absolute atomic E-state index is 12.6. The predicted molar refractivity (Wildman–Crippen MR) is 85.0 cm³/mol. The van der Waals surface area contributed by atoms with Crippen LogP contribution in [-0.4, -0.2) is 63.9 Å². The second kappa shape index (κ2) is 6.87. The fourth-order valence-corrected chi connectivity index (χ4v) is 3.95. The highest BCUT2D eigenvalue weighted by Crippen LogP contribution is 2.18. The minimum Gasteiger partial charge on any atom is -0.314 e. The normalized spacial score (nSPS) is 17.3. The molecule has 0 atom stereocenters. The lowest BCUT2D eigenvalue weighted by molar-refractivity contribution is 0.229. The molecule has 0 aromatic heterocycles. The van der Waals surface area contributed by atoms with Gasteiger partial charge >= 0.3 is 0 Å². The second-order valence-corrected chi connectivity index (χ2v) is 7.79. The smallest absolute Gasteiger partial charge is 0.242 e. The highest BCUT2D eigenvalue weighted by molar-refractivity contribution is 7.89. The molecule has 6 heteroatoms. The van der Waals surface area contributed by atoms with Gasteiger partial charge in [0.25, 0.3) is 0 Å². The van der Waals surface area contributed by atoms with Gasteiger partial charge in [-0.05, 0) is 37.1 Å². The molecule has 1 N–H and O–H groups in total. The minimum atomic E-state index is -3.39. The van der Waals surface area contributed by atoms with Crippen LogP contribution in [0.4, 0.5) is 0 Å². The molecule has 0 aliphatic carbocycles. The molecule has 2 rings (SSSR count). The number of likely N-dealkylation sites (N-methyl/N-ethyl adjacent to an activating group) is 1. The highest BCUT2D eigenvalue weighted by Gasteiger charge is 2.22. The van der Waals surface area contributed by atoms with E-state index in [-0.39, 0.29) is 0 Å². The van der Waals surface area contributed by atoms with E-state index >= 15 is 0 Å². The summed E-state index contributed by atoms with van der Waals surface area (Å²) in [5.74, 6) is 0. The van der Waals surface area contributed by atoms with E-state index < -0.39 is 10.0 Å². The Kier molecular flexibility index (Phi) is 5.37. The third-order valence-electron chi connectivity index (χ3n) is 3.84. The van der Waals surface area contributed by atoms with E-state index in [0.717, 1.165) is 43.9 Å². The maximum atomic E-state index is 12.6. The molecule has 0 bridgehead atoms. The average molecular weight is 311 g/mol. The highest BCUT2D eigenvalue weighted by atomic mass is 32.2. The molecule has 0 spiro atoms. The van der Waals surface area contributed by atoms with Crippen molar-refractivity contribution in [2.24, 2.45) is 0 Å². The van der Waals surface area contributed by atoms with Gasteiger partial charge < -0.3 is 5.32 Å². The Balaban J connectivity index is 2.03. The average Bonchev–Trinajstić information content (AvgIpc) is 2.44. The number of nitrogens with zero attached hydrogens (tertiary/aromatic N) is 2. The van der Waals surface area contributed by atoms with Crippen LogP contribution in [0.25, 0.3) is 0 Å². The largest absolute Gasteiger partial charge is 0.314 e. The van der Waals surface area contributed by atoms with Gasteiger partial charge in [0.1, 0.15) is 0 Å². The minimum absolute atomic E-state index is 0.391. The van der Waals surface area contributed by atoms with Crippen LogP contribution in [0.5, 0.6) is 0 Å². The van der Waals surface area contributed by atoms with Crippen LogP contribution in [-0.2, 0) is 10.0 Å². The summed E-state index contributed by atoms with van der Waals surface area (Å²) in [5, 5.41) is 3.30. The summed E-state index contributed by atoms with van der Waals surface area (Å²) in [7, 11) is -1.73. The molecule has 118 valence electrons. The summed E-state index contributed by atoms with van der Waals surface area (Å²) in [5.41, 5.74) is 1.95. The summed E-state index contributed by atoms with van der Waals surface area (Å²) in [6.07, 6.45) is 0. The van der Waals surface area contributed by atoms with Gasteiger partial charge in [0.05, 0.1) is 4.90 Å². The molecule has 1 fully saturated rings. The Hall–Kier alpha value is -0.950. The number of rotatable bonds is 5. The number of nitrogens with one attached hydrogen (secondary N) is 1. The topological polar surface area (TPSA) is 52.7 Å². The van der Waals surface area contributed by atoms with Gasteiger partial charge in [0.2, 0.25) is 10.0 Å². The number of piperazine rings is 1. The Morgan fingerprint density at radius 2 is 1.71 bits per heavy atom. The second-order valence-electron chi connectivity index (χ2n) is 5.74. The molecule has 0 radical (unpaired) electrons. The number of aryl methyl sites for hydroxylation is 2. The van der Waals surface area contributed by atoms with Crippen molar-refractivity contribution in [3.63, 3.8) is 0 Å². The van der Waals surface area contributed by atoms with Crippen LogP contribution in [0.2, 0.25) is 0 Å². The van der Waals surface area contributed by atoms with Gasteiger partial charge in [0.15, 0.2) is 0 Å². The molecular weight excluding hydrogens is 286 g/mol. The first-order chi connectivity index (χ1) is 9.89. The number of hydrogen-bond donors (Lipinski definition) is 1.